The highest BCUT2D eigenvalue weighted by atomic mass is 32.2. The van der Waals surface area contributed by atoms with E-state index in [9.17, 15) is 18.0 Å². The number of methoxy groups -OCH3 is 1. The standard InChI is InChI=1S/C24H26N2O6S2/c1-3-32-19-7-9-20(10-8-19)34(29,30)26-12-4-5-16(15-26)23(27)25-18-6-11-21-17(13-18)14-22(33-21)24(28)31-2/h6-11,13-14,16H,3-5,12,15H2,1-2H3,(H,25,27). The molecule has 0 aliphatic carbocycles. The molecule has 1 atom stereocenters. The van der Waals surface area contributed by atoms with E-state index in [1.165, 1.54) is 34.9 Å². The Bertz CT molecular complexity index is 1300. The van der Waals surface area contributed by atoms with E-state index in [1.807, 2.05) is 13.0 Å². The number of hydrogen-bond donors (Lipinski definition) is 1. The molecule has 1 N–H and O–H groups in total. The van der Waals surface area contributed by atoms with Crippen molar-refractivity contribution in [3.8, 4) is 5.75 Å². The lowest BCUT2D eigenvalue weighted by molar-refractivity contribution is -0.120. The van der Waals surface area contributed by atoms with E-state index >= 15 is 0 Å². The first-order valence-corrected chi connectivity index (χ1v) is 13.2. The summed E-state index contributed by atoms with van der Waals surface area (Å²) in [7, 11) is -2.38. The molecule has 2 aromatic carbocycles. The molecule has 0 bridgehead atoms. The molecule has 4 rings (SSSR count). The van der Waals surface area contributed by atoms with Gasteiger partial charge in [0.2, 0.25) is 15.9 Å². The van der Waals surface area contributed by atoms with E-state index in [2.05, 4.69) is 5.32 Å². The lowest BCUT2D eigenvalue weighted by atomic mass is 9.98. The van der Waals surface area contributed by atoms with Gasteiger partial charge >= 0.3 is 5.97 Å². The lowest BCUT2D eigenvalue weighted by Crippen LogP contribution is -2.43. The Morgan fingerprint density at radius 2 is 1.91 bits per heavy atom. The van der Waals surface area contributed by atoms with Crippen molar-refractivity contribution in [1.29, 1.82) is 0 Å². The number of ether oxygens (including phenoxy) is 2. The molecule has 0 radical (unpaired) electrons. The van der Waals surface area contributed by atoms with Gasteiger partial charge in [0, 0.05) is 23.5 Å². The summed E-state index contributed by atoms with van der Waals surface area (Å²) in [6.07, 6.45) is 1.20. The molecular weight excluding hydrogens is 476 g/mol. The van der Waals surface area contributed by atoms with Crippen LogP contribution in [0.5, 0.6) is 5.75 Å². The Morgan fingerprint density at radius 3 is 2.62 bits per heavy atom. The lowest BCUT2D eigenvalue weighted by Gasteiger charge is -2.31. The van der Waals surface area contributed by atoms with Gasteiger partial charge in [-0.1, -0.05) is 0 Å². The number of sulfonamides is 1. The quantitative estimate of drug-likeness (QED) is 0.488. The van der Waals surface area contributed by atoms with E-state index in [1.54, 1.807) is 30.3 Å². The van der Waals surface area contributed by atoms with Crippen molar-refractivity contribution >= 4 is 49.0 Å². The molecule has 0 spiro atoms. The fourth-order valence-corrected chi connectivity index (χ4v) is 6.45. The molecule has 1 fully saturated rings. The van der Waals surface area contributed by atoms with Crippen molar-refractivity contribution in [1.82, 2.24) is 4.31 Å². The zero-order valence-corrected chi connectivity index (χ0v) is 20.6. The van der Waals surface area contributed by atoms with E-state index in [0.717, 1.165) is 10.1 Å². The first kappa shape index (κ1) is 24.2. The molecule has 10 heteroatoms. The highest BCUT2D eigenvalue weighted by molar-refractivity contribution is 7.89. The topological polar surface area (TPSA) is 102 Å². The number of amides is 1. The number of esters is 1. The van der Waals surface area contributed by atoms with Gasteiger partial charge in [0.1, 0.15) is 10.6 Å². The number of nitrogens with one attached hydrogen (secondary N) is 1. The monoisotopic (exact) mass is 502 g/mol. The number of carbonyl (C=O) groups is 2. The number of anilines is 1. The Balaban J connectivity index is 1.45. The van der Waals surface area contributed by atoms with E-state index in [-0.39, 0.29) is 17.3 Å². The SMILES string of the molecule is CCOc1ccc(S(=O)(=O)N2CCCC(C(=O)Nc3ccc4sc(C(=O)OC)cc4c3)C2)cc1. The van der Waals surface area contributed by atoms with Crippen molar-refractivity contribution < 1.29 is 27.5 Å². The summed E-state index contributed by atoms with van der Waals surface area (Å²) in [6.45, 7) is 2.85. The van der Waals surface area contributed by atoms with Crippen molar-refractivity contribution in [2.75, 3.05) is 32.1 Å². The van der Waals surface area contributed by atoms with Gasteiger partial charge in [-0.2, -0.15) is 4.31 Å². The van der Waals surface area contributed by atoms with Crippen LogP contribution in [0, 0.1) is 5.92 Å². The zero-order valence-electron chi connectivity index (χ0n) is 18.9. The number of piperidine rings is 1. The minimum Gasteiger partial charge on any atom is -0.494 e. The minimum atomic E-state index is -3.71. The summed E-state index contributed by atoms with van der Waals surface area (Å²) in [5.41, 5.74) is 0.596. The number of rotatable bonds is 7. The molecule has 1 aliphatic rings. The van der Waals surface area contributed by atoms with Gasteiger partial charge in [-0.3, -0.25) is 4.79 Å². The summed E-state index contributed by atoms with van der Waals surface area (Å²) < 4.78 is 38.7. The predicted molar refractivity (Wildman–Crippen MR) is 131 cm³/mol. The first-order valence-electron chi connectivity index (χ1n) is 11.0. The molecule has 1 aromatic heterocycles. The van der Waals surface area contributed by atoms with Crippen molar-refractivity contribution in [3.63, 3.8) is 0 Å². The highest BCUT2D eigenvalue weighted by Gasteiger charge is 2.33. The summed E-state index contributed by atoms with van der Waals surface area (Å²) in [4.78, 5) is 25.4. The number of hydrogen-bond acceptors (Lipinski definition) is 7. The van der Waals surface area contributed by atoms with Crippen LogP contribution in [0.4, 0.5) is 5.69 Å². The molecule has 2 heterocycles. The van der Waals surface area contributed by atoms with Crippen molar-refractivity contribution in [3.05, 3.63) is 53.4 Å². The molecule has 1 unspecified atom stereocenters. The molecule has 34 heavy (non-hydrogen) atoms. The molecule has 1 saturated heterocycles. The molecule has 0 saturated carbocycles. The molecule has 180 valence electrons. The maximum absolute atomic E-state index is 13.1. The summed E-state index contributed by atoms with van der Waals surface area (Å²) in [5, 5.41) is 3.73. The van der Waals surface area contributed by atoms with Gasteiger partial charge in [-0.25, -0.2) is 13.2 Å². The van der Waals surface area contributed by atoms with Gasteiger partial charge in [0.15, 0.2) is 0 Å². The number of nitrogens with zero attached hydrogens (tertiary/aromatic N) is 1. The summed E-state index contributed by atoms with van der Waals surface area (Å²) in [6, 6.07) is 13.5. The van der Waals surface area contributed by atoms with Crippen LogP contribution in [0.2, 0.25) is 0 Å². The third kappa shape index (κ3) is 5.08. The Morgan fingerprint density at radius 1 is 1.15 bits per heavy atom. The minimum absolute atomic E-state index is 0.120. The van der Waals surface area contributed by atoms with Crippen LogP contribution in [0.15, 0.2) is 53.4 Å². The molecular formula is C24H26N2O6S2. The van der Waals surface area contributed by atoms with Gasteiger partial charge in [-0.05, 0) is 73.7 Å². The van der Waals surface area contributed by atoms with Crippen LogP contribution in [0.1, 0.15) is 29.4 Å². The largest absolute Gasteiger partial charge is 0.494 e. The Labute approximate surface area is 202 Å². The van der Waals surface area contributed by atoms with Crippen LogP contribution in [0.3, 0.4) is 0 Å². The number of thiophene rings is 1. The summed E-state index contributed by atoms with van der Waals surface area (Å²) >= 11 is 1.32. The highest BCUT2D eigenvalue weighted by Crippen LogP contribution is 2.30. The van der Waals surface area contributed by atoms with Crippen molar-refractivity contribution in [2.45, 2.75) is 24.7 Å². The molecule has 1 aliphatic heterocycles. The molecule has 1 amide bonds. The fourth-order valence-electron chi connectivity index (χ4n) is 3.96. The fraction of sp³-hybridized carbons (Fsp3) is 0.333. The zero-order chi connectivity index (χ0) is 24.3. The average Bonchev–Trinajstić information content (AvgIpc) is 3.28. The molecule has 3 aromatic rings. The first-order chi connectivity index (χ1) is 16.3. The maximum atomic E-state index is 13.1. The normalized spacial score (nSPS) is 16.8. The van der Waals surface area contributed by atoms with Crippen LogP contribution >= 0.6 is 11.3 Å². The molecule has 8 nitrogen and oxygen atoms in total. The second kappa shape index (κ2) is 10.1. The number of carbonyl (C=O) groups excluding carboxylic acids is 2. The van der Waals surface area contributed by atoms with Crippen LogP contribution < -0.4 is 10.1 Å². The smallest absolute Gasteiger partial charge is 0.348 e. The van der Waals surface area contributed by atoms with Crippen LogP contribution in [0.25, 0.3) is 10.1 Å². The Kier molecular flexibility index (Phi) is 7.20. The number of fused-ring (bicyclic) bond motifs is 1. The van der Waals surface area contributed by atoms with Gasteiger partial charge in [0.25, 0.3) is 0 Å². The summed E-state index contributed by atoms with van der Waals surface area (Å²) in [5.74, 6) is -0.481. The van der Waals surface area contributed by atoms with Crippen LogP contribution in [-0.2, 0) is 19.6 Å². The second-order valence-electron chi connectivity index (χ2n) is 7.95. The van der Waals surface area contributed by atoms with Crippen molar-refractivity contribution in [2.24, 2.45) is 5.92 Å². The van der Waals surface area contributed by atoms with Gasteiger partial charge in [-0.15, -0.1) is 11.3 Å². The maximum Gasteiger partial charge on any atom is 0.348 e. The van der Waals surface area contributed by atoms with E-state index < -0.39 is 21.9 Å². The average molecular weight is 503 g/mol. The number of benzene rings is 2. The van der Waals surface area contributed by atoms with E-state index in [0.29, 0.717) is 42.3 Å². The Hall–Kier alpha value is -2.95. The van der Waals surface area contributed by atoms with Crippen LogP contribution in [-0.4, -0.2) is 51.4 Å². The third-order valence-corrected chi connectivity index (χ3v) is 8.67. The second-order valence-corrected chi connectivity index (χ2v) is 11.0. The van der Waals surface area contributed by atoms with E-state index in [4.69, 9.17) is 9.47 Å². The third-order valence-electron chi connectivity index (χ3n) is 5.70. The van der Waals surface area contributed by atoms with Gasteiger partial charge < -0.3 is 14.8 Å². The predicted octanol–water partition coefficient (Wildman–Crippen LogP) is 4.13. The van der Waals surface area contributed by atoms with Gasteiger partial charge in [0.05, 0.1) is 24.5 Å².